The van der Waals surface area contributed by atoms with Gasteiger partial charge in [0.25, 0.3) is 5.56 Å². The van der Waals surface area contributed by atoms with Gasteiger partial charge in [-0.2, -0.15) is 5.10 Å². The Bertz CT molecular complexity index is 846. The van der Waals surface area contributed by atoms with Gasteiger partial charge < -0.3 is 10.1 Å². The van der Waals surface area contributed by atoms with Gasteiger partial charge in [-0.25, -0.2) is 13.9 Å². The Labute approximate surface area is 149 Å². The predicted molar refractivity (Wildman–Crippen MR) is 92.7 cm³/mol. The number of rotatable bonds is 6. The molecule has 8 heteroatoms. The van der Waals surface area contributed by atoms with Crippen LogP contribution in [0.3, 0.4) is 0 Å². The molecule has 0 spiro atoms. The minimum absolute atomic E-state index is 0.179. The molecule has 0 bridgehead atoms. The number of aromatic nitrogens is 2. The summed E-state index contributed by atoms with van der Waals surface area (Å²) in [5.74, 6) is -1.67. The number of carbonyl (C=O) groups is 2. The lowest BCUT2D eigenvalue weighted by Gasteiger charge is -2.19. The lowest BCUT2D eigenvalue weighted by Crippen LogP contribution is -2.47. The Balaban J connectivity index is 2.19. The summed E-state index contributed by atoms with van der Waals surface area (Å²) in [5, 5.41) is 6.68. The molecule has 138 valence electrons. The number of methoxy groups -OCH3 is 1. The Morgan fingerprint density at radius 3 is 2.42 bits per heavy atom. The average Bonchev–Trinajstić information content (AvgIpc) is 2.61. The molecular weight excluding hydrogens is 341 g/mol. The summed E-state index contributed by atoms with van der Waals surface area (Å²) in [6.45, 7) is 3.18. The molecule has 0 aliphatic carbocycles. The molecule has 1 aromatic carbocycles. The molecule has 0 saturated heterocycles. The lowest BCUT2D eigenvalue weighted by molar-refractivity contribution is -0.146. The van der Waals surface area contributed by atoms with E-state index in [0.717, 1.165) is 4.68 Å². The van der Waals surface area contributed by atoms with Gasteiger partial charge in [0.15, 0.2) is 0 Å². The first kappa shape index (κ1) is 19.3. The van der Waals surface area contributed by atoms with E-state index in [4.69, 9.17) is 0 Å². The number of benzene rings is 1. The van der Waals surface area contributed by atoms with Crippen molar-refractivity contribution in [3.63, 3.8) is 0 Å². The molecule has 2 aromatic rings. The molecule has 1 N–H and O–H groups in total. The van der Waals surface area contributed by atoms with Crippen LogP contribution in [0.1, 0.15) is 13.8 Å². The number of hydrogen-bond donors (Lipinski definition) is 1. The van der Waals surface area contributed by atoms with E-state index in [-0.39, 0.29) is 18.3 Å². The Kier molecular flexibility index (Phi) is 6.21. The smallest absolute Gasteiger partial charge is 0.328 e. The van der Waals surface area contributed by atoms with Crippen LogP contribution >= 0.6 is 0 Å². The highest BCUT2D eigenvalue weighted by Crippen LogP contribution is 2.15. The van der Waals surface area contributed by atoms with Crippen molar-refractivity contribution in [1.29, 1.82) is 0 Å². The fraction of sp³-hybridized carbons (Fsp3) is 0.333. The predicted octanol–water partition coefficient (Wildman–Crippen LogP) is 1.36. The van der Waals surface area contributed by atoms with Crippen LogP contribution in [0.15, 0.2) is 41.2 Å². The third-order valence-electron chi connectivity index (χ3n) is 3.74. The van der Waals surface area contributed by atoms with E-state index in [1.54, 1.807) is 13.8 Å². The second-order valence-electron chi connectivity index (χ2n) is 6.03. The molecule has 1 aromatic heterocycles. The summed E-state index contributed by atoms with van der Waals surface area (Å²) < 4.78 is 18.7. The fourth-order valence-corrected chi connectivity index (χ4v) is 2.32. The fourth-order valence-electron chi connectivity index (χ4n) is 2.32. The summed E-state index contributed by atoms with van der Waals surface area (Å²) in [5.41, 5.74) is 0.561. The largest absolute Gasteiger partial charge is 0.467 e. The van der Waals surface area contributed by atoms with Crippen LogP contribution in [0.4, 0.5) is 4.39 Å². The number of ether oxygens (including phenoxy) is 1. The Hall–Kier alpha value is -3.03. The monoisotopic (exact) mass is 361 g/mol. The zero-order valence-electron chi connectivity index (χ0n) is 14.7. The van der Waals surface area contributed by atoms with E-state index < -0.39 is 23.5 Å². The molecule has 0 radical (unpaired) electrons. The third kappa shape index (κ3) is 4.75. The number of nitrogens with zero attached hydrogens (tertiary/aromatic N) is 2. The van der Waals surface area contributed by atoms with Crippen molar-refractivity contribution in [3.05, 3.63) is 52.6 Å². The van der Waals surface area contributed by atoms with E-state index >= 15 is 0 Å². The maximum Gasteiger partial charge on any atom is 0.328 e. The maximum absolute atomic E-state index is 13.0. The van der Waals surface area contributed by atoms with Crippen LogP contribution in [0.25, 0.3) is 11.3 Å². The maximum atomic E-state index is 13.0. The number of halogens is 1. The summed E-state index contributed by atoms with van der Waals surface area (Å²) in [4.78, 5) is 35.9. The first-order valence-corrected chi connectivity index (χ1v) is 8.03. The standard InChI is InChI=1S/C18H20FN3O4/c1-11(2)17(18(25)26-3)20-15(23)10-22-16(24)9-8-14(21-22)12-4-6-13(19)7-5-12/h4-9,11,17H,10H2,1-3H3,(H,20,23). The van der Waals surface area contributed by atoms with E-state index in [9.17, 15) is 18.8 Å². The number of esters is 1. The van der Waals surface area contributed by atoms with Crippen molar-refractivity contribution in [3.8, 4) is 11.3 Å². The van der Waals surface area contributed by atoms with Gasteiger partial charge >= 0.3 is 5.97 Å². The third-order valence-corrected chi connectivity index (χ3v) is 3.74. The zero-order chi connectivity index (χ0) is 19.3. The molecule has 7 nitrogen and oxygen atoms in total. The van der Waals surface area contributed by atoms with Crippen LogP contribution in [0, 0.1) is 11.7 Å². The SMILES string of the molecule is COC(=O)C(NC(=O)Cn1nc(-c2ccc(F)cc2)ccc1=O)C(C)C. The van der Waals surface area contributed by atoms with Crippen LogP contribution in [-0.4, -0.2) is 34.8 Å². The molecule has 0 aliphatic heterocycles. The molecule has 1 amide bonds. The minimum Gasteiger partial charge on any atom is -0.467 e. The molecule has 26 heavy (non-hydrogen) atoms. The average molecular weight is 361 g/mol. The number of hydrogen-bond acceptors (Lipinski definition) is 5. The molecular formula is C18H20FN3O4. The van der Waals surface area contributed by atoms with E-state index in [0.29, 0.717) is 11.3 Å². The van der Waals surface area contributed by atoms with Crippen LogP contribution in [0.5, 0.6) is 0 Å². The summed E-state index contributed by atoms with van der Waals surface area (Å²) >= 11 is 0. The highest BCUT2D eigenvalue weighted by Gasteiger charge is 2.25. The molecule has 1 heterocycles. The topological polar surface area (TPSA) is 90.3 Å². The minimum atomic E-state index is -0.816. The van der Waals surface area contributed by atoms with Gasteiger partial charge in [0.2, 0.25) is 5.91 Å². The van der Waals surface area contributed by atoms with Gasteiger partial charge in [-0.3, -0.25) is 9.59 Å². The first-order chi connectivity index (χ1) is 12.3. The number of amides is 1. The van der Waals surface area contributed by atoms with Crippen molar-refractivity contribution in [1.82, 2.24) is 15.1 Å². The highest BCUT2D eigenvalue weighted by atomic mass is 19.1. The van der Waals surface area contributed by atoms with Gasteiger partial charge in [0.05, 0.1) is 12.8 Å². The van der Waals surface area contributed by atoms with Crippen LogP contribution < -0.4 is 10.9 Å². The molecule has 1 unspecified atom stereocenters. The van der Waals surface area contributed by atoms with E-state index in [1.165, 1.54) is 43.5 Å². The van der Waals surface area contributed by atoms with Crippen molar-refractivity contribution in [2.45, 2.75) is 26.4 Å². The quantitative estimate of drug-likeness (QED) is 0.785. The Morgan fingerprint density at radius 1 is 1.19 bits per heavy atom. The van der Waals surface area contributed by atoms with Gasteiger partial charge in [-0.1, -0.05) is 13.8 Å². The van der Waals surface area contributed by atoms with Gasteiger partial charge in [0.1, 0.15) is 18.4 Å². The van der Waals surface area contributed by atoms with Gasteiger partial charge in [-0.05, 0) is 36.2 Å². The molecule has 0 saturated carbocycles. The first-order valence-electron chi connectivity index (χ1n) is 8.03. The van der Waals surface area contributed by atoms with Gasteiger partial charge in [-0.15, -0.1) is 0 Å². The van der Waals surface area contributed by atoms with Crippen LogP contribution in [0.2, 0.25) is 0 Å². The van der Waals surface area contributed by atoms with Crippen molar-refractivity contribution >= 4 is 11.9 Å². The lowest BCUT2D eigenvalue weighted by atomic mass is 10.0. The second kappa shape index (κ2) is 8.37. The molecule has 0 fully saturated rings. The molecule has 0 aliphatic rings. The number of carbonyl (C=O) groups excluding carboxylic acids is 2. The van der Waals surface area contributed by atoms with Crippen molar-refractivity contribution in [2.75, 3.05) is 7.11 Å². The summed E-state index contributed by atoms with van der Waals surface area (Å²) in [6.07, 6.45) is 0. The normalized spacial score (nSPS) is 11.9. The van der Waals surface area contributed by atoms with Gasteiger partial charge in [0, 0.05) is 11.6 Å². The summed E-state index contributed by atoms with van der Waals surface area (Å²) in [6, 6.07) is 7.57. The van der Waals surface area contributed by atoms with Crippen molar-refractivity contribution < 1.29 is 18.7 Å². The zero-order valence-corrected chi connectivity index (χ0v) is 14.7. The highest BCUT2D eigenvalue weighted by molar-refractivity contribution is 5.84. The Morgan fingerprint density at radius 2 is 1.85 bits per heavy atom. The van der Waals surface area contributed by atoms with Crippen molar-refractivity contribution in [2.24, 2.45) is 5.92 Å². The van der Waals surface area contributed by atoms with Crippen LogP contribution in [-0.2, 0) is 20.9 Å². The van der Waals surface area contributed by atoms with E-state index in [2.05, 4.69) is 15.2 Å². The summed E-state index contributed by atoms with van der Waals surface area (Å²) in [7, 11) is 1.24. The van der Waals surface area contributed by atoms with E-state index in [1.807, 2.05) is 0 Å². The molecule has 2 rings (SSSR count). The second-order valence-corrected chi connectivity index (χ2v) is 6.03. The number of nitrogens with one attached hydrogen (secondary N) is 1. The molecule has 1 atom stereocenters.